The van der Waals surface area contributed by atoms with Gasteiger partial charge in [-0.15, -0.1) is 10.2 Å². The number of halogens is 1. The van der Waals surface area contributed by atoms with Gasteiger partial charge in [0.05, 0.1) is 6.61 Å². The number of esters is 1. The summed E-state index contributed by atoms with van der Waals surface area (Å²) in [5, 5.41) is 8.90. The van der Waals surface area contributed by atoms with Crippen LogP contribution in [-0.2, 0) is 22.7 Å². The SMILES string of the molecule is CCCCCCn1c(COc2ccccc2F)nnc1S[C@H]1CCOC1=O. The third-order valence-electron chi connectivity index (χ3n) is 4.36. The Morgan fingerprint density at radius 1 is 1.30 bits per heavy atom. The maximum absolute atomic E-state index is 13.8. The van der Waals surface area contributed by atoms with Crippen LogP contribution in [0.15, 0.2) is 29.4 Å². The fraction of sp³-hybridized carbons (Fsp3) is 0.526. The van der Waals surface area contributed by atoms with Crippen LogP contribution in [0.25, 0.3) is 0 Å². The first-order valence-electron chi connectivity index (χ1n) is 9.31. The summed E-state index contributed by atoms with van der Waals surface area (Å²) in [6.45, 7) is 3.48. The quantitative estimate of drug-likeness (QED) is 0.449. The van der Waals surface area contributed by atoms with Gasteiger partial charge in [-0.2, -0.15) is 0 Å². The van der Waals surface area contributed by atoms with Crippen LogP contribution >= 0.6 is 11.8 Å². The van der Waals surface area contributed by atoms with Gasteiger partial charge in [-0.1, -0.05) is 50.1 Å². The van der Waals surface area contributed by atoms with Crippen LogP contribution in [0.2, 0.25) is 0 Å². The molecule has 2 heterocycles. The second-order valence-electron chi connectivity index (χ2n) is 6.39. The van der Waals surface area contributed by atoms with Crippen molar-refractivity contribution < 1.29 is 18.7 Å². The Kier molecular flexibility index (Phi) is 7.09. The molecule has 3 rings (SSSR count). The molecule has 1 aromatic carbocycles. The summed E-state index contributed by atoms with van der Waals surface area (Å²) in [6.07, 6.45) is 5.09. The number of cyclic esters (lactones) is 1. The number of rotatable bonds is 10. The van der Waals surface area contributed by atoms with Gasteiger partial charge in [0.25, 0.3) is 0 Å². The van der Waals surface area contributed by atoms with Crippen LogP contribution < -0.4 is 4.74 Å². The molecule has 2 aromatic rings. The van der Waals surface area contributed by atoms with Gasteiger partial charge in [0.2, 0.25) is 0 Å². The fourth-order valence-corrected chi connectivity index (χ4v) is 3.89. The van der Waals surface area contributed by atoms with Gasteiger partial charge in [0, 0.05) is 13.0 Å². The number of unbranched alkanes of at least 4 members (excludes halogenated alkanes) is 3. The maximum atomic E-state index is 13.8. The third kappa shape index (κ3) is 5.22. The maximum Gasteiger partial charge on any atom is 0.319 e. The normalized spacial score (nSPS) is 16.5. The Balaban J connectivity index is 1.71. The number of benzene rings is 1. The molecule has 0 unspecified atom stereocenters. The molecular weight excluding hydrogens is 369 g/mol. The van der Waals surface area contributed by atoms with E-state index < -0.39 is 5.82 Å². The average Bonchev–Trinajstić information content (AvgIpc) is 3.25. The number of thioether (sulfide) groups is 1. The standard InChI is InChI=1S/C19H24FN3O3S/c1-2-3-4-7-11-23-17(13-26-15-9-6-5-8-14(15)20)21-22-19(23)27-16-10-12-25-18(16)24/h5-6,8-9,16H,2-4,7,10-13H2,1H3/t16-/m0/s1. The highest BCUT2D eigenvalue weighted by Gasteiger charge is 2.30. The van der Waals surface area contributed by atoms with Crippen LogP contribution in [0.5, 0.6) is 5.75 Å². The summed E-state index contributed by atoms with van der Waals surface area (Å²) in [5.41, 5.74) is 0. The topological polar surface area (TPSA) is 66.2 Å². The van der Waals surface area contributed by atoms with E-state index in [2.05, 4.69) is 17.1 Å². The third-order valence-corrected chi connectivity index (χ3v) is 5.58. The first-order valence-corrected chi connectivity index (χ1v) is 10.2. The smallest absolute Gasteiger partial charge is 0.319 e. The van der Waals surface area contributed by atoms with Crippen molar-refractivity contribution in [1.29, 1.82) is 0 Å². The van der Waals surface area contributed by atoms with Crippen LogP contribution in [-0.4, -0.2) is 32.6 Å². The summed E-state index contributed by atoms with van der Waals surface area (Å²) in [7, 11) is 0. The van der Waals surface area contributed by atoms with Gasteiger partial charge < -0.3 is 14.0 Å². The molecule has 0 amide bonds. The molecule has 1 aliphatic rings. The summed E-state index contributed by atoms with van der Waals surface area (Å²) in [5.74, 6) is 0.203. The van der Waals surface area contributed by atoms with E-state index in [4.69, 9.17) is 9.47 Å². The molecule has 1 aliphatic heterocycles. The van der Waals surface area contributed by atoms with Gasteiger partial charge in [-0.25, -0.2) is 4.39 Å². The van der Waals surface area contributed by atoms with Crippen LogP contribution in [0.4, 0.5) is 4.39 Å². The summed E-state index contributed by atoms with van der Waals surface area (Å²) in [4.78, 5) is 11.8. The molecule has 1 aromatic heterocycles. The summed E-state index contributed by atoms with van der Waals surface area (Å²) in [6, 6.07) is 6.29. The summed E-state index contributed by atoms with van der Waals surface area (Å²) < 4.78 is 26.4. The van der Waals surface area contributed by atoms with Crippen LogP contribution in [0.3, 0.4) is 0 Å². The highest BCUT2D eigenvalue weighted by Crippen LogP contribution is 2.29. The molecule has 8 heteroatoms. The number of carbonyl (C=O) groups is 1. The molecule has 6 nitrogen and oxygen atoms in total. The Morgan fingerprint density at radius 2 is 2.15 bits per heavy atom. The van der Waals surface area contributed by atoms with Crippen molar-refractivity contribution >= 4 is 17.7 Å². The van der Waals surface area contributed by atoms with Gasteiger partial charge in [0.1, 0.15) is 11.9 Å². The van der Waals surface area contributed by atoms with E-state index >= 15 is 0 Å². The zero-order chi connectivity index (χ0) is 19.1. The van der Waals surface area contributed by atoms with Gasteiger partial charge >= 0.3 is 5.97 Å². The van der Waals surface area contributed by atoms with Crippen molar-refractivity contribution in [3.63, 3.8) is 0 Å². The molecule has 27 heavy (non-hydrogen) atoms. The minimum atomic E-state index is -0.408. The highest BCUT2D eigenvalue weighted by atomic mass is 32.2. The lowest BCUT2D eigenvalue weighted by atomic mass is 10.2. The fourth-order valence-electron chi connectivity index (χ4n) is 2.85. The predicted molar refractivity (Wildman–Crippen MR) is 100 cm³/mol. The van der Waals surface area contributed by atoms with Gasteiger partial charge in [-0.3, -0.25) is 4.79 Å². The number of ether oxygens (including phenoxy) is 2. The Labute approximate surface area is 162 Å². The number of para-hydroxylation sites is 1. The number of carbonyl (C=O) groups excluding carboxylic acids is 1. The van der Waals surface area contributed by atoms with E-state index in [0.29, 0.717) is 24.0 Å². The first-order chi connectivity index (χ1) is 13.2. The number of hydrogen-bond donors (Lipinski definition) is 0. The Hall–Kier alpha value is -2.09. The molecule has 146 valence electrons. The van der Waals surface area contributed by atoms with E-state index in [1.54, 1.807) is 18.2 Å². The van der Waals surface area contributed by atoms with E-state index in [1.807, 2.05) is 4.57 Å². The second-order valence-corrected chi connectivity index (χ2v) is 7.56. The van der Waals surface area contributed by atoms with E-state index in [-0.39, 0.29) is 23.6 Å². The molecule has 0 saturated carbocycles. The van der Waals surface area contributed by atoms with Crippen molar-refractivity contribution in [2.24, 2.45) is 0 Å². The zero-order valence-electron chi connectivity index (χ0n) is 15.4. The number of nitrogens with zero attached hydrogens (tertiary/aromatic N) is 3. The molecule has 0 bridgehead atoms. The highest BCUT2D eigenvalue weighted by molar-refractivity contribution is 8.00. The minimum Gasteiger partial charge on any atom is -0.483 e. The molecule has 1 fully saturated rings. The lowest BCUT2D eigenvalue weighted by molar-refractivity contribution is -0.137. The molecule has 1 atom stereocenters. The first kappa shape index (κ1) is 19.7. The molecule has 1 saturated heterocycles. The van der Waals surface area contributed by atoms with Crippen molar-refractivity contribution in [1.82, 2.24) is 14.8 Å². The van der Waals surface area contributed by atoms with E-state index in [9.17, 15) is 9.18 Å². The molecule has 0 spiro atoms. The van der Waals surface area contributed by atoms with Crippen LogP contribution in [0, 0.1) is 5.82 Å². The van der Waals surface area contributed by atoms with Crippen LogP contribution in [0.1, 0.15) is 44.9 Å². The van der Waals surface area contributed by atoms with Gasteiger partial charge in [-0.05, 0) is 18.6 Å². The average molecular weight is 393 g/mol. The van der Waals surface area contributed by atoms with Crippen molar-refractivity contribution in [3.8, 4) is 5.75 Å². The molecule has 0 radical (unpaired) electrons. The lowest BCUT2D eigenvalue weighted by Gasteiger charge is -2.12. The molecule has 0 N–H and O–H groups in total. The molecule has 0 aliphatic carbocycles. The Morgan fingerprint density at radius 3 is 2.89 bits per heavy atom. The number of aromatic nitrogens is 3. The van der Waals surface area contributed by atoms with E-state index in [0.717, 1.165) is 25.8 Å². The molecular formula is C19H24FN3O3S. The number of hydrogen-bond acceptors (Lipinski definition) is 6. The monoisotopic (exact) mass is 393 g/mol. The predicted octanol–water partition coefficient (Wildman–Crippen LogP) is 3.98. The van der Waals surface area contributed by atoms with Crippen molar-refractivity contribution in [2.75, 3.05) is 6.61 Å². The summed E-state index contributed by atoms with van der Waals surface area (Å²) >= 11 is 1.38. The Bertz CT molecular complexity index is 768. The van der Waals surface area contributed by atoms with Gasteiger partial charge in [0.15, 0.2) is 22.5 Å². The largest absolute Gasteiger partial charge is 0.483 e. The van der Waals surface area contributed by atoms with E-state index in [1.165, 1.54) is 24.2 Å². The minimum absolute atomic E-state index is 0.122. The van der Waals surface area contributed by atoms with Crippen molar-refractivity contribution in [3.05, 3.63) is 35.9 Å². The lowest BCUT2D eigenvalue weighted by Crippen LogP contribution is -2.13. The second kappa shape index (κ2) is 9.73. The zero-order valence-corrected chi connectivity index (χ0v) is 16.2. The van der Waals surface area contributed by atoms with Crippen molar-refractivity contribution in [2.45, 2.75) is 62.6 Å².